The fourth-order valence-electron chi connectivity index (χ4n) is 2.00. The van der Waals surface area contributed by atoms with Gasteiger partial charge in [-0.2, -0.15) is 5.26 Å². The molecule has 3 nitrogen and oxygen atoms in total. The van der Waals surface area contributed by atoms with Crippen molar-refractivity contribution in [3.05, 3.63) is 23.8 Å². The Morgan fingerprint density at radius 2 is 2.19 bits per heavy atom. The van der Waals surface area contributed by atoms with Crippen LogP contribution in [0.15, 0.2) is 18.2 Å². The van der Waals surface area contributed by atoms with Crippen LogP contribution < -0.4 is 9.64 Å². The molecule has 1 saturated carbocycles. The molecule has 0 heterocycles. The average Bonchev–Trinajstić information content (AvgIpc) is 2.25. The molecule has 1 aliphatic carbocycles. The van der Waals surface area contributed by atoms with Gasteiger partial charge >= 0.3 is 0 Å². The van der Waals surface area contributed by atoms with Gasteiger partial charge in [0.25, 0.3) is 0 Å². The summed E-state index contributed by atoms with van der Waals surface area (Å²) >= 11 is 0. The largest absolute Gasteiger partial charge is 0.497 e. The Labute approximate surface area is 96.2 Å². The minimum Gasteiger partial charge on any atom is -0.497 e. The zero-order chi connectivity index (χ0) is 11.5. The van der Waals surface area contributed by atoms with Crippen molar-refractivity contribution in [2.24, 2.45) is 0 Å². The highest BCUT2D eigenvalue weighted by molar-refractivity contribution is 5.62. The van der Waals surface area contributed by atoms with Crippen molar-refractivity contribution in [1.82, 2.24) is 0 Å². The molecule has 0 radical (unpaired) electrons. The van der Waals surface area contributed by atoms with Gasteiger partial charge in [0.15, 0.2) is 0 Å². The molecular weight excluding hydrogens is 200 g/mol. The first kappa shape index (κ1) is 10.8. The lowest BCUT2D eigenvalue weighted by atomic mass is 9.91. The zero-order valence-electron chi connectivity index (χ0n) is 9.73. The van der Waals surface area contributed by atoms with Gasteiger partial charge in [0, 0.05) is 19.2 Å². The van der Waals surface area contributed by atoms with E-state index in [4.69, 9.17) is 10.00 Å². The SMILES string of the molecule is COc1ccc(C#N)c(N(C)C2CCC2)c1. The summed E-state index contributed by atoms with van der Waals surface area (Å²) in [6.45, 7) is 0. The van der Waals surface area contributed by atoms with E-state index in [9.17, 15) is 0 Å². The van der Waals surface area contributed by atoms with Crippen molar-refractivity contribution in [3.63, 3.8) is 0 Å². The van der Waals surface area contributed by atoms with Crippen molar-refractivity contribution in [3.8, 4) is 11.8 Å². The molecule has 0 aliphatic heterocycles. The van der Waals surface area contributed by atoms with E-state index in [2.05, 4.69) is 18.0 Å². The second kappa shape index (κ2) is 4.44. The number of benzene rings is 1. The van der Waals surface area contributed by atoms with E-state index in [-0.39, 0.29) is 0 Å². The summed E-state index contributed by atoms with van der Waals surface area (Å²) in [5, 5.41) is 9.09. The van der Waals surface area contributed by atoms with Gasteiger partial charge in [-0.15, -0.1) is 0 Å². The van der Waals surface area contributed by atoms with Gasteiger partial charge in [-0.1, -0.05) is 0 Å². The molecule has 2 rings (SSSR count). The van der Waals surface area contributed by atoms with Crippen molar-refractivity contribution in [2.75, 3.05) is 19.1 Å². The van der Waals surface area contributed by atoms with Crippen LogP contribution in [0.5, 0.6) is 5.75 Å². The number of hydrogen-bond acceptors (Lipinski definition) is 3. The molecule has 0 N–H and O–H groups in total. The van der Waals surface area contributed by atoms with E-state index in [0.717, 1.165) is 17.0 Å². The maximum Gasteiger partial charge on any atom is 0.121 e. The van der Waals surface area contributed by atoms with Crippen molar-refractivity contribution < 1.29 is 4.74 Å². The molecule has 1 aromatic rings. The van der Waals surface area contributed by atoms with E-state index in [1.165, 1.54) is 19.3 Å². The third-order valence-electron chi connectivity index (χ3n) is 3.33. The highest BCUT2D eigenvalue weighted by Crippen LogP contribution is 2.32. The smallest absolute Gasteiger partial charge is 0.121 e. The monoisotopic (exact) mass is 216 g/mol. The molecule has 1 fully saturated rings. The van der Waals surface area contributed by atoms with Gasteiger partial charge in [-0.3, -0.25) is 0 Å². The fraction of sp³-hybridized carbons (Fsp3) is 0.462. The third kappa shape index (κ3) is 1.83. The highest BCUT2D eigenvalue weighted by Gasteiger charge is 2.24. The normalized spacial score (nSPS) is 15.1. The second-order valence-corrected chi connectivity index (χ2v) is 4.19. The van der Waals surface area contributed by atoms with E-state index in [0.29, 0.717) is 6.04 Å². The third-order valence-corrected chi connectivity index (χ3v) is 3.33. The Bertz CT molecular complexity index is 418. The van der Waals surface area contributed by atoms with E-state index >= 15 is 0 Å². The molecule has 0 saturated heterocycles. The van der Waals surface area contributed by atoms with Crippen LogP contribution in [0.4, 0.5) is 5.69 Å². The molecule has 0 bridgehead atoms. The first-order valence-electron chi connectivity index (χ1n) is 5.57. The lowest BCUT2D eigenvalue weighted by Crippen LogP contribution is -2.37. The van der Waals surface area contributed by atoms with Crippen LogP contribution in [-0.2, 0) is 0 Å². The maximum absolute atomic E-state index is 9.09. The van der Waals surface area contributed by atoms with Crippen LogP contribution >= 0.6 is 0 Å². The van der Waals surface area contributed by atoms with E-state index < -0.39 is 0 Å². The number of ether oxygens (including phenoxy) is 1. The molecule has 16 heavy (non-hydrogen) atoms. The Balaban J connectivity index is 2.32. The Kier molecular flexibility index (Phi) is 3.00. The van der Waals surface area contributed by atoms with Crippen molar-refractivity contribution >= 4 is 5.69 Å². The molecule has 0 spiro atoms. The summed E-state index contributed by atoms with van der Waals surface area (Å²) in [4.78, 5) is 2.20. The van der Waals surface area contributed by atoms with Crippen LogP contribution in [-0.4, -0.2) is 20.2 Å². The maximum atomic E-state index is 9.09. The standard InChI is InChI=1S/C13H16N2O/c1-15(11-4-3-5-11)13-8-12(16-2)7-6-10(13)9-14/h6-8,11H,3-5H2,1-2H3. The first-order valence-corrected chi connectivity index (χ1v) is 5.57. The second-order valence-electron chi connectivity index (χ2n) is 4.19. The highest BCUT2D eigenvalue weighted by atomic mass is 16.5. The molecule has 0 unspecified atom stereocenters. The van der Waals surface area contributed by atoms with Crippen LogP contribution in [0.25, 0.3) is 0 Å². The van der Waals surface area contributed by atoms with Crippen LogP contribution in [0.2, 0.25) is 0 Å². The van der Waals surface area contributed by atoms with E-state index in [1.54, 1.807) is 7.11 Å². The molecule has 0 amide bonds. The zero-order valence-corrected chi connectivity index (χ0v) is 9.73. The molecule has 0 atom stereocenters. The Morgan fingerprint density at radius 1 is 1.44 bits per heavy atom. The summed E-state index contributed by atoms with van der Waals surface area (Å²) in [7, 11) is 3.70. The molecule has 0 aromatic heterocycles. The Morgan fingerprint density at radius 3 is 2.69 bits per heavy atom. The van der Waals surface area contributed by atoms with Crippen molar-refractivity contribution in [2.45, 2.75) is 25.3 Å². The molecule has 84 valence electrons. The number of nitrogens with zero attached hydrogens (tertiary/aromatic N) is 2. The van der Waals surface area contributed by atoms with E-state index in [1.807, 2.05) is 18.2 Å². The van der Waals surface area contributed by atoms with Gasteiger partial charge in [0.1, 0.15) is 11.8 Å². The van der Waals surface area contributed by atoms with Gasteiger partial charge in [-0.25, -0.2) is 0 Å². The summed E-state index contributed by atoms with van der Waals surface area (Å²) in [5.41, 5.74) is 1.70. The van der Waals surface area contributed by atoms with Gasteiger partial charge in [0.2, 0.25) is 0 Å². The molecule has 1 aliphatic rings. The Hall–Kier alpha value is -1.69. The predicted molar refractivity (Wildman–Crippen MR) is 63.8 cm³/mol. The summed E-state index contributed by atoms with van der Waals surface area (Å²) in [5.74, 6) is 0.806. The summed E-state index contributed by atoms with van der Waals surface area (Å²) in [6.07, 6.45) is 3.73. The number of anilines is 1. The molecule has 1 aromatic carbocycles. The van der Waals surface area contributed by atoms with Crippen LogP contribution in [0.3, 0.4) is 0 Å². The van der Waals surface area contributed by atoms with Crippen LogP contribution in [0, 0.1) is 11.3 Å². The minimum atomic E-state index is 0.583. The average molecular weight is 216 g/mol. The predicted octanol–water partition coefficient (Wildman–Crippen LogP) is 2.56. The number of hydrogen-bond donors (Lipinski definition) is 0. The first-order chi connectivity index (χ1) is 7.76. The van der Waals surface area contributed by atoms with Crippen LogP contribution in [0.1, 0.15) is 24.8 Å². The van der Waals surface area contributed by atoms with Crippen molar-refractivity contribution in [1.29, 1.82) is 5.26 Å². The van der Waals surface area contributed by atoms with Gasteiger partial charge < -0.3 is 9.64 Å². The molecule has 3 heteroatoms. The number of nitriles is 1. The summed E-state index contributed by atoms with van der Waals surface area (Å²) < 4.78 is 5.20. The number of methoxy groups -OCH3 is 1. The lowest BCUT2D eigenvalue weighted by Gasteiger charge is -2.36. The molecular formula is C13H16N2O. The fourth-order valence-corrected chi connectivity index (χ4v) is 2.00. The quantitative estimate of drug-likeness (QED) is 0.779. The summed E-state index contributed by atoms with van der Waals surface area (Å²) in [6, 6.07) is 8.41. The van der Waals surface area contributed by atoms with Gasteiger partial charge in [-0.05, 0) is 31.4 Å². The minimum absolute atomic E-state index is 0.583. The lowest BCUT2D eigenvalue weighted by molar-refractivity contribution is 0.398. The topological polar surface area (TPSA) is 36.3 Å². The van der Waals surface area contributed by atoms with Gasteiger partial charge in [0.05, 0.1) is 18.4 Å². The number of rotatable bonds is 3.